The van der Waals surface area contributed by atoms with Gasteiger partial charge < -0.3 is 19.4 Å². The SMILES string of the molecule is [2H]C([2H])([2H])c1c(OC(F)F)cc2c(c1-c1ccc(C3COC3CNS(=O)CCC)nc1)[C@H]1C[C@@H](NC2=O)c2nc3ccccc3n21. The van der Waals surface area contributed by atoms with Gasteiger partial charge in [0, 0.05) is 39.4 Å². The second kappa shape index (κ2) is 11.1. The number of pyridine rings is 1. The molecule has 1 fully saturated rings. The summed E-state index contributed by atoms with van der Waals surface area (Å²) in [7, 11) is -1.16. The van der Waals surface area contributed by atoms with Crippen LogP contribution in [0.3, 0.4) is 0 Å². The molecule has 0 saturated carbocycles. The number of imidazole rings is 1. The number of alkyl halides is 2. The molecule has 5 heterocycles. The Balaban J connectivity index is 1.38. The molecule has 0 spiro atoms. The summed E-state index contributed by atoms with van der Waals surface area (Å²) < 4.78 is 80.4. The van der Waals surface area contributed by atoms with E-state index in [-0.39, 0.29) is 23.1 Å². The maximum absolute atomic E-state index is 13.7. The lowest BCUT2D eigenvalue weighted by molar-refractivity contribution is -0.0732. The number of carbonyl (C=O) groups is 1. The van der Waals surface area contributed by atoms with Crippen LogP contribution in [-0.2, 0) is 15.7 Å². The normalized spacial score (nSPS) is 24.3. The van der Waals surface area contributed by atoms with Crippen molar-refractivity contribution in [1.82, 2.24) is 24.6 Å². The lowest BCUT2D eigenvalue weighted by atomic mass is 9.86. The molecule has 7 rings (SSSR count). The van der Waals surface area contributed by atoms with Crippen LogP contribution in [0.2, 0.25) is 0 Å². The molecule has 5 atom stereocenters. The number of nitrogens with zero attached hydrogens (tertiary/aromatic N) is 3. The van der Waals surface area contributed by atoms with Crippen molar-refractivity contribution in [2.45, 2.75) is 57.3 Å². The molecule has 224 valence electrons. The Morgan fingerprint density at radius 1 is 1.30 bits per heavy atom. The molecule has 3 aliphatic rings. The van der Waals surface area contributed by atoms with Gasteiger partial charge in [-0.25, -0.2) is 13.9 Å². The minimum absolute atomic E-state index is 0.0530. The molecule has 12 heteroatoms. The highest BCUT2D eigenvalue weighted by Crippen LogP contribution is 2.49. The maximum atomic E-state index is 13.7. The number of ether oxygens (including phenoxy) is 2. The van der Waals surface area contributed by atoms with Crippen LogP contribution in [0, 0.1) is 6.85 Å². The average molecular weight is 611 g/mol. The predicted octanol–water partition coefficient (Wildman–Crippen LogP) is 4.93. The van der Waals surface area contributed by atoms with E-state index < -0.39 is 53.8 Å². The molecule has 1 amide bonds. The van der Waals surface area contributed by atoms with Crippen molar-refractivity contribution < 1.29 is 31.4 Å². The number of nitrogens with one attached hydrogen (secondary N) is 2. The van der Waals surface area contributed by atoms with Gasteiger partial charge in [-0.2, -0.15) is 8.78 Å². The van der Waals surface area contributed by atoms with Crippen LogP contribution >= 0.6 is 0 Å². The largest absolute Gasteiger partial charge is 0.435 e. The molecule has 1 saturated heterocycles. The van der Waals surface area contributed by atoms with Crippen molar-refractivity contribution in [3.05, 3.63) is 76.9 Å². The molecule has 3 aliphatic heterocycles. The Morgan fingerprint density at radius 3 is 2.88 bits per heavy atom. The number of para-hydroxylation sites is 2. The fourth-order valence-electron chi connectivity index (χ4n) is 6.38. The number of halogens is 2. The zero-order valence-electron chi connectivity index (χ0n) is 26.2. The minimum Gasteiger partial charge on any atom is -0.435 e. The van der Waals surface area contributed by atoms with Gasteiger partial charge >= 0.3 is 6.61 Å². The first-order chi connectivity index (χ1) is 22.0. The average Bonchev–Trinajstić information content (AvgIpc) is 3.48. The molecule has 2 bridgehead atoms. The molecule has 4 aromatic rings. The number of hydrogen-bond donors (Lipinski definition) is 2. The van der Waals surface area contributed by atoms with Gasteiger partial charge in [-0.1, -0.05) is 25.1 Å². The summed E-state index contributed by atoms with van der Waals surface area (Å²) in [5.41, 5.74) is 2.68. The Kier molecular flexibility index (Phi) is 6.35. The van der Waals surface area contributed by atoms with Crippen molar-refractivity contribution in [2.24, 2.45) is 0 Å². The zero-order valence-corrected chi connectivity index (χ0v) is 24.0. The second-order valence-corrected chi connectivity index (χ2v) is 12.3. The van der Waals surface area contributed by atoms with Crippen LogP contribution in [0.5, 0.6) is 5.75 Å². The molecule has 3 unspecified atom stereocenters. The van der Waals surface area contributed by atoms with Gasteiger partial charge in [0.05, 0.1) is 52.7 Å². The maximum Gasteiger partial charge on any atom is 0.387 e. The van der Waals surface area contributed by atoms with Crippen molar-refractivity contribution in [3.8, 4) is 16.9 Å². The van der Waals surface area contributed by atoms with Crippen LogP contribution in [0.1, 0.15) is 74.9 Å². The fraction of sp³-hybridized carbons (Fsp3) is 0.387. The minimum atomic E-state index is -3.32. The standard InChI is InChI=1S/C31H31F2N5O4S/c1-3-10-43(40)35-14-26-19(15-41-26)20-9-8-17(13-34-20)27-16(2)25(42-31(32)33)11-18-28(27)24-12-22(37-30(18)39)29-36-21-6-4-5-7-23(21)38(24)29/h4-9,11,13,19,22,24,26,31,35H,3,10,12,14-15H2,1-2H3,(H,37,39)/t19?,22-,24-,26?,43?/m1/s1/i2D3. The van der Waals surface area contributed by atoms with Gasteiger partial charge in [0.2, 0.25) is 0 Å². The smallest absolute Gasteiger partial charge is 0.387 e. The number of aromatic nitrogens is 3. The number of rotatable bonds is 9. The Labute approximate surface area is 253 Å². The van der Waals surface area contributed by atoms with Gasteiger partial charge in [0.25, 0.3) is 5.91 Å². The van der Waals surface area contributed by atoms with E-state index in [1.165, 1.54) is 6.20 Å². The lowest BCUT2D eigenvalue weighted by Gasteiger charge is -2.36. The van der Waals surface area contributed by atoms with Crippen molar-refractivity contribution in [2.75, 3.05) is 18.9 Å². The fourth-order valence-corrected chi connectivity index (χ4v) is 7.25. The summed E-state index contributed by atoms with van der Waals surface area (Å²) in [6.45, 7) is -3.47. The van der Waals surface area contributed by atoms with E-state index in [1.54, 1.807) is 12.1 Å². The third kappa shape index (κ3) is 4.81. The van der Waals surface area contributed by atoms with Crippen molar-refractivity contribution in [1.29, 1.82) is 0 Å². The number of carbonyl (C=O) groups excluding carboxylic acids is 1. The molecular weight excluding hydrogens is 576 g/mol. The van der Waals surface area contributed by atoms with Crippen LogP contribution in [0.15, 0.2) is 48.7 Å². The zero-order chi connectivity index (χ0) is 32.3. The van der Waals surface area contributed by atoms with Gasteiger partial charge in [-0.05, 0) is 60.6 Å². The topological polar surface area (TPSA) is 107 Å². The second-order valence-electron chi connectivity index (χ2n) is 10.9. The first-order valence-corrected chi connectivity index (χ1v) is 15.5. The molecule has 2 aromatic carbocycles. The van der Waals surface area contributed by atoms with Gasteiger partial charge in [-0.15, -0.1) is 0 Å². The van der Waals surface area contributed by atoms with E-state index in [0.717, 1.165) is 23.5 Å². The quantitative estimate of drug-likeness (QED) is 0.278. The van der Waals surface area contributed by atoms with Crippen molar-refractivity contribution >= 4 is 27.9 Å². The summed E-state index contributed by atoms with van der Waals surface area (Å²) in [4.78, 5) is 23.1. The summed E-state index contributed by atoms with van der Waals surface area (Å²) in [5, 5.41) is 2.97. The Bertz CT molecular complexity index is 1850. The number of hydrogen-bond acceptors (Lipinski definition) is 6. The summed E-state index contributed by atoms with van der Waals surface area (Å²) in [6, 6.07) is 11.1. The van der Waals surface area contributed by atoms with E-state index >= 15 is 0 Å². The predicted molar refractivity (Wildman–Crippen MR) is 158 cm³/mol. The molecule has 2 N–H and O–H groups in total. The third-order valence-electron chi connectivity index (χ3n) is 8.36. The Hall–Kier alpha value is -3.74. The van der Waals surface area contributed by atoms with Gasteiger partial charge in [0.1, 0.15) is 11.6 Å². The number of benzene rings is 2. The highest BCUT2D eigenvalue weighted by atomic mass is 32.2. The van der Waals surface area contributed by atoms with E-state index in [4.69, 9.17) is 18.6 Å². The summed E-state index contributed by atoms with van der Waals surface area (Å²) in [5.74, 6) is -0.0442. The highest BCUT2D eigenvalue weighted by molar-refractivity contribution is 7.83. The molecular formula is C31H31F2N5O4S. The van der Waals surface area contributed by atoms with E-state index in [0.29, 0.717) is 48.0 Å². The molecule has 0 aliphatic carbocycles. The van der Waals surface area contributed by atoms with E-state index in [2.05, 4.69) is 15.0 Å². The van der Waals surface area contributed by atoms with Gasteiger partial charge in [-0.3, -0.25) is 9.78 Å². The van der Waals surface area contributed by atoms with Crippen molar-refractivity contribution in [3.63, 3.8) is 0 Å². The van der Waals surface area contributed by atoms with E-state index in [9.17, 15) is 17.8 Å². The van der Waals surface area contributed by atoms with Crippen LogP contribution < -0.4 is 14.8 Å². The molecule has 0 radical (unpaired) electrons. The Morgan fingerprint density at radius 2 is 2.16 bits per heavy atom. The molecule has 2 aromatic heterocycles. The lowest BCUT2D eigenvalue weighted by Crippen LogP contribution is -2.45. The molecule has 43 heavy (non-hydrogen) atoms. The van der Waals surface area contributed by atoms with Gasteiger partial charge in [0.15, 0.2) is 0 Å². The number of amides is 1. The summed E-state index contributed by atoms with van der Waals surface area (Å²) >= 11 is 0. The monoisotopic (exact) mass is 610 g/mol. The van der Waals surface area contributed by atoms with Crippen LogP contribution in [-0.4, -0.2) is 56.3 Å². The first-order valence-electron chi connectivity index (χ1n) is 15.7. The first kappa shape index (κ1) is 24.7. The summed E-state index contributed by atoms with van der Waals surface area (Å²) in [6.07, 6.45) is 2.44. The van der Waals surface area contributed by atoms with Crippen LogP contribution in [0.25, 0.3) is 22.2 Å². The highest BCUT2D eigenvalue weighted by Gasteiger charge is 2.43. The number of fused-ring (bicyclic) bond motifs is 9. The molecule has 9 nitrogen and oxygen atoms in total. The van der Waals surface area contributed by atoms with E-state index in [1.807, 2.05) is 35.8 Å². The van der Waals surface area contributed by atoms with Crippen LogP contribution in [0.4, 0.5) is 8.78 Å². The third-order valence-corrected chi connectivity index (χ3v) is 9.63.